The van der Waals surface area contributed by atoms with Crippen molar-refractivity contribution in [3.05, 3.63) is 93.8 Å². The van der Waals surface area contributed by atoms with Gasteiger partial charge >= 0.3 is 12.3 Å². The molecule has 0 radical (unpaired) electrons. The average Bonchev–Trinajstić information content (AvgIpc) is 3.35. The number of hydrogen-bond acceptors (Lipinski definition) is 5. The van der Waals surface area contributed by atoms with Crippen molar-refractivity contribution in [3.63, 3.8) is 0 Å². The first-order chi connectivity index (χ1) is 19.8. The first-order valence-electron chi connectivity index (χ1n) is 12.2. The van der Waals surface area contributed by atoms with Gasteiger partial charge in [-0.05, 0) is 42.8 Å². The number of halogens is 8. The highest BCUT2D eigenvalue weighted by atomic mass is 19.4. The molecule has 7 nitrogen and oxygen atoms in total. The quantitative estimate of drug-likeness (QED) is 0.291. The Morgan fingerprint density at radius 3 is 2.36 bits per heavy atom. The first-order valence-corrected chi connectivity index (χ1v) is 12.2. The number of benzene rings is 2. The van der Waals surface area contributed by atoms with Crippen molar-refractivity contribution in [2.45, 2.75) is 24.8 Å². The van der Waals surface area contributed by atoms with Crippen molar-refractivity contribution in [2.24, 2.45) is 0 Å². The van der Waals surface area contributed by atoms with E-state index in [2.05, 4.69) is 4.98 Å². The Morgan fingerprint density at radius 2 is 1.74 bits per heavy atom. The Morgan fingerprint density at radius 1 is 1.02 bits per heavy atom. The van der Waals surface area contributed by atoms with Crippen LogP contribution in [0.25, 0.3) is 16.7 Å². The third kappa shape index (κ3) is 5.58. The van der Waals surface area contributed by atoms with Crippen LogP contribution in [0.15, 0.2) is 59.5 Å². The summed E-state index contributed by atoms with van der Waals surface area (Å²) in [6.45, 7) is 0.289. The van der Waals surface area contributed by atoms with Crippen LogP contribution in [0.3, 0.4) is 0 Å². The fourth-order valence-corrected chi connectivity index (χ4v) is 4.56. The molecule has 3 heterocycles. The molecule has 2 aromatic carbocycles. The Bertz CT molecular complexity index is 1720. The van der Waals surface area contributed by atoms with E-state index in [1.807, 2.05) is 0 Å². The van der Waals surface area contributed by atoms with E-state index in [1.165, 1.54) is 17.4 Å². The van der Waals surface area contributed by atoms with Crippen LogP contribution in [0.2, 0.25) is 0 Å². The van der Waals surface area contributed by atoms with Gasteiger partial charge in [-0.1, -0.05) is 6.07 Å². The lowest BCUT2D eigenvalue weighted by molar-refractivity contribution is -0.156. The summed E-state index contributed by atoms with van der Waals surface area (Å²) in [5.74, 6) is -5.99. The molecule has 1 saturated heterocycles. The molecular formula is C27H18F8N4O3. The fourth-order valence-electron chi connectivity index (χ4n) is 4.56. The molecule has 42 heavy (non-hydrogen) atoms. The van der Waals surface area contributed by atoms with E-state index < -0.39 is 64.5 Å². The zero-order valence-electron chi connectivity index (χ0n) is 21.1. The Labute approximate surface area is 230 Å². The van der Waals surface area contributed by atoms with Gasteiger partial charge in [-0.3, -0.25) is 9.36 Å². The van der Waals surface area contributed by atoms with Gasteiger partial charge in [0.15, 0.2) is 17.4 Å². The zero-order chi connectivity index (χ0) is 30.3. The lowest BCUT2D eigenvalue weighted by Gasteiger charge is -2.22. The summed E-state index contributed by atoms with van der Waals surface area (Å²) in [5, 5.41) is 1.02. The number of hydrogen-bond donors (Lipinski definition) is 1. The minimum atomic E-state index is -5.39. The highest BCUT2D eigenvalue weighted by molar-refractivity contribution is 5.81. The van der Waals surface area contributed by atoms with E-state index in [-0.39, 0.29) is 35.5 Å². The molecule has 15 heteroatoms. The third-order valence-electron chi connectivity index (χ3n) is 6.51. The van der Waals surface area contributed by atoms with Crippen LogP contribution in [0.4, 0.5) is 45.7 Å². The number of aromatic nitrogens is 2. The van der Waals surface area contributed by atoms with E-state index in [9.17, 15) is 44.7 Å². The van der Waals surface area contributed by atoms with E-state index in [4.69, 9.17) is 4.74 Å². The fraction of sp³-hybridized carbons (Fsp3) is 0.222. The molecule has 1 fully saturated rings. The molecule has 1 aliphatic heterocycles. The van der Waals surface area contributed by atoms with Crippen molar-refractivity contribution in [1.29, 1.82) is 0 Å². The molecule has 0 aliphatic carbocycles. The molecule has 2 atom stereocenters. The molecular weight excluding hydrogens is 580 g/mol. The summed E-state index contributed by atoms with van der Waals surface area (Å²) in [7, 11) is 0. The number of amides is 1. The first kappa shape index (κ1) is 28.8. The van der Waals surface area contributed by atoms with E-state index in [1.54, 1.807) is 4.90 Å². The second-order valence-electron chi connectivity index (χ2n) is 9.30. The second kappa shape index (κ2) is 10.9. The molecule has 5 rings (SSSR count). The number of ether oxygens (including phenoxy) is 1. The van der Waals surface area contributed by atoms with E-state index in [0.29, 0.717) is 24.7 Å². The summed E-state index contributed by atoms with van der Waals surface area (Å²) in [5.41, 5.74) is -3.19. The smallest absolute Gasteiger partial charge is 0.405 e. The summed E-state index contributed by atoms with van der Waals surface area (Å²) < 4.78 is 117. The van der Waals surface area contributed by atoms with Gasteiger partial charge in [0.1, 0.15) is 35.3 Å². The third-order valence-corrected chi connectivity index (χ3v) is 6.51. The minimum Gasteiger partial charge on any atom is -0.405 e. The van der Waals surface area contributed by atoms with Gasteiger partial charge in [0.2, 0.25) is 5.43 Å². The van der Waals surface area contributed by atoms with E-state index >= 15 is 0 Å². The lowest BCUT2D eigenvalue weighted by atomic mass is 10.1. The standard InChI is InChI=1S/C27H18F8N4O3/c28-13-4-6-19(18(32)10-13)39-12-20(23(40)15-5-7-21(36-25(15)39)38-9-8-14(29)11-38)42-26(41)37-24(27(33,34)35)22-16(30)2-1-3-17(22)31/h1-7,10,12,14,24H,8-9,11H2,(H,37,41)/t14-,24?/m0/s1. The number of pyridine rings is 2. The topological polar surface area (TPSA) is 76.5 Å². The second-order valence-corrected chi connectivity index (χ2v) is 9.30. The van der Waals surface area contributed by atoms with Crippen LogP contribution >= 0.6 is 0 Å². The van der Waals surface area contributed by atoms with Gasteiger partial charge in [-0.25, -0.2) is 31.7 Å². The molecule has 0 spiro atoms. The van der Waals surface area contributed by atoms with Crippen molar-refractivity contribution < 1.29 is 44.7 Å². The predicted molar refractivity (Wildman–Crippen MR) is 133 cm³/mol. The number of rotatable bonds is 5. The number of fused-ring (bicyclic) bond motifs is 1. The molecule has 1 unspecified atom stereocenters. The summed E-state index contributed by atoms with van der Waals surface area (Å²) in [4.78, 5) is 31.7. The van der Waals surface area contributed by atoms with Crippen molar-refractivity contribution in [2.75, 3.05) is 18.0 Å². The van der Waals surface area contributed by atoms with Crippen LogP contribution in [0, 0.1) is 23.3 Å². The molecule has 2 aromatic heterocycles. The monoisotopic (exact) mass is 598 g/mol. The van der Waals surface area contributed by atoms with Crippen molar-refractivity contribution in [1.82, 2.24) is 14.9 Å². The predicted octanol–water partition coefficient (Wildman–Crippen LogP) is 5.88. The summed E-state index contributed by atoms with van der Waals surface area (Å²) >= 11 is 0. The summed E-state index contributed by atoms with van der Waals surface area (Å²) in [6, 6.07) is 3.66. The van der Waals surface area contributed by atoms with Crippen LogP contribution in [0.1, 0.15) is 18.0 Å². The Kier molecular flexibility index (Phi) is 7.51. The van der Waals surface area contributed by atoms with Gasteiger partial charge < -0.3 is 15.0 Å². The minimum absolute atomic E-state index is 0.00200. The van der Waals surface area contributed by atoms with Crippen molar-refractivity contribution in [3.8, 4) is 11.4 Å². The SMILES string of the molecule is O=C(NC(c1c(F)cccc1F)C(F)(F)F)Oc1cn(-c2ccc(F)cc2F)c2nc(N3CC[C@H](F)C3)ccc2c1=O. The molecule has 1 N–H and O–H groups in total. The number of carbonyl (C=O) groups excluding carboxylic acids is 1. The molecule has 0 bridgehead atoms. The van der Waals surface area contributed by atoms with Crippen LogP contribution in [-0.4, -0.2) is 41.1 Å². The molecule has 1 aliphatic rings. The maximum atomic E-state index is 14.8. The number of nitrogens with zero attached hydrogens (tertiary/aromatic N) is 3. The molecule has 0 saturated carbocycles. The Balaban J connectivity index is 1.58. The van der Waals surface area contributed by atoms with E-state index in [0.717, 1.165) is 29.0 Å². The summed E-state index contributed by atoms with van der Waals surface area (Å²) in [6.07, 6.45) is -7.48. The van der Waals surface area contributed by atoms with Crippen LogP contribution in [0.5, 0.6) is 5.75 Å². The van der Waals surface area contributed by atoms with Gasteiger partial charge in [0.25, 0.3) is 0 Å². The maximum absolute atomic E-state index is 14.8. The molecule has 4 aromatic rings. The maximum Gasteiger partial charge on any atom is 0.413 e. The number of carbonyl (C=O) groups is 1. The van der Waals surface area contributed by atoms with Crippen LogP contribution < -0.4 is 20.4 Å². The Hall–Kier alpha value is -4.69. The van der Waals surface area contributed by atoms with Gasteiger partial charge in [-0.2, -0.15) is 13.2 Å². The number of alkyl halides is 4. The van der Waals surface area contributed by atoms with Crippen LogP contribution in [-0.2, 0) is 0 Å². The van der Waals surface area contributed by atoms with Gasteiger partial charge in [-0.15, -0.1) is 0 Å². The average molecular weight is 598 g/mol. The molecule has 1 amide bonds. The largest absolute Gasteiger partial charge is 0.413 e. The zero-order valence-corrected chi connectivity index (χ0v) is 21.1. The normalized spacial score (nSPS) is 16.1. The highest BCUT2D eigenvalue weighted by Crippen LogP contribution is 2.35. The van der Waals surface area contributed by atoms with Crippen molar-refractivity contribution >= 4 is 22.9 Å². The van der Waals surface area contributed by atoms with Gasteiger partial charge in [0, 0.05) is 12.6 Å². The lowest BCUT2D eigenvalue weighted by Crippen LogP contribution is -2.41. The molecule has 220 valence electrons. The van der Waals surface area contributed by atoms with Gasteiger partial charge in [0.05, 0.1) is 29.4 Å². The highest BCUT2D eigenvalue weighted by Gasteiger charge is 2.45. The number of nitrogens with one attached hydrogen (secondary N) is 1. The number of anilines is 1.